The van der Waals surface area contributed by atoms with Crippen molar-refractivity contribution in [3.63, 3.8) is 0 Å². The van der Waals surface area contributed by atoms with Crippen LogP contribution in [0.1, 0.15) is 22.0 Å². The van der Waals surface area contributed by atoms with E-state index in [1.807, 2.05) is 16.8 Å². The Hall–Kier alpha value is -1.98. The van der Waals surface area contributed by atoms with E-state index in [1.54, 1.807) is 0 Å². The molecule has 0 saturated carbocycles. The van der Waals surface area contributed by atoms with E-state index in [9.17, 15) is 13.2 Å². The molecule has 1 unspecified atom stereocenters. The van der Waals surface area contributed by atoms with Gasteiger partial charge in [-0.25, -0.2) is 13.1 Å². The van der Waals surface area contributed by atoms with Gasteiger partial charge < -0.3 is 20.3 Å². The molecule has 0 radical (unpaired) electrons. The first-order valence-corrected chi connectivity index (χ1v) is 10.0. The molecule has 2 aromatic rings. The molecule has 10 heteroatoms. The predicted molar refractivity (Wildman–Crippen MR) is 96.8 cm³/mol. The standard InChI is InChI=1S/C16H20N2O6S2/c1-23-14-3-2-12(8-13(14)16(17)20)26(21,22)18-9-15(24-6-5-19)11-4-7-25-10-11/h2-4,7-8,10,15,18-19H,5-6,9H2,1H3,(H2,17,20). The van der Waals surface area contributed by atoms with Gasteiger partial charge in [0.05, 0.1) is 36.9 Å². The number of benzene rings is 1. The zero-order chi connectivity index (χ0) is 19.2. The van der Waals surface area contributed by atoms with Crippen LogP contribution in [-0.2, 0) is 14.8 Å². The number of sulfonamides is 1. The van der Waals surface area contributed by atoms with Crippen LogP contribution in [0.15, 0.2) is 39.9 Å². The number of methoxy groups -OCH3 is 1. The number of rotatable bonds is 10. The Kier molecular flexibility index (Phi) is 7.12. The van der Waals surface area contributed by atoms with Gasteiger partial charge in [-0.15, -0.1) is 0 Å². The number of nitrogens with one attached hydrogen (secondary N) is 1. The zero-order valence-electron chi connectivity index (χ0n) is 14.0. The Balaban J connectivity index is 2.19. The topological polar surface area (TPSA) is 128 Å². The molecule has 1 aromatic heterocycles. The molecule has 0 aliphatic carbocycles. The average Bonchev–Trinajstić information content (AvgIpc) is 3.15. The molecule has 0 aliphatic heterocycles. The summed E-state index contributed by atoms with van der Waals surface area (Å²) in [5.41, 5.74) is 6.04. The highest BCUT2D eigenvalue weighted by atomic mass is 32.2. The third kappa shape index (κ3) is 5.02. The summed E-state index contributed by atoms with van der Waals surface area (Å²) in [6.07, 6.45) is -0.544. The van der Waals surface area contributed by atoms with Gasteiger partial charge in [-0.05, 0) is 40.6 Å². The highest BCUT2D eigenvalue weighted by molar-refractivity contribution is 7.89. The van der Waals surface area contributed by atoms with E-state index in [4.69, 9.17) is 20.3 Å². The maximum atomic E-state index is 12.5. The minimum Gasteiger partial charge on any atom is -0.496 e. The molecule has 0 fully saturated rings. The molecule has 26 heavy (non-hydrogen) atoms. The molecule has 0 bridgehead atoms. The lowest BCUT2D eigenvalue weighted by molar-refractivity contribution is 0.0311. The predicted octanol–water partition coefficient (Wildman–Crippen LogP) is 0.884. The Labute approximate surface area is 155 Å². The Morgan fingerprint density at radius 2 is 2.15 bits per heavy atom. The van der Waals surface area contributed by atoms with Crippen molar-refractivity contribution in [1.82, 2.24) is 4.72 Å². The van der Waals surface area contributed by atoms with Crippen LogP contribution >= 0.6 is 11.3 Å². The highest BCUT2D eigenvalue weighted by Crippen LogP contribution is 2.23. The van der Waals surface area contributed by atoms with E-state index in [1.165, 1.54) is 30.6 Å². The van der Waals surface area contributed by atoms with E-state index in [-0.39, 0.29) is 36.0 Å². The Morgan fingerprint density at radius 1 is 1.38 bits per heavy atom. The largest absolute Gasteiger partial charge is 0.496 e. The van der Waals surface area contributed by atoms with Gasteiger partial charge in [-0.1, -0.05) is 0 Å². The van der Waals surface area contributed by atoms with Crippen molar-refractivity contribution in [3.8, 4) is 5.75 Å². The summed E-state index contributed by atoms with van der Waals surface area (Å²) >= 11 is 1.46. The second kappa shape index (κ2) is 9.10. The monoisotopic (exact) mass is 400 g/mol. The van der Waals surface area contributed by atoms with Gasteiger partial charge in [0.2, 0.25) is 10.0 Å². The van der Waals surface area contributed by atoms with Crippen LogP contribution in [0.2, 0.25) is 0 Å². The zero-order valence-corrected chi connectivity index (χ0v) is 15.7. The molecular formula is C16H20N2O6S2. The molecule has 1 aromatic carbocycles. The molecule has 1 amide bonds. The lowest BCUT2D eigenvalue weighted by Crippen LogP contribution is -2.30. The van der Waals surface area contributed by atoms with Crippen LogP contribution in [0.4, 0.5) is 0 Å². The number of carbonyl (C=O) groups excluding carboxylic acids is 1. The second-order valence-corrected chi connectivity index (χ2v) is 7.76. The van der Waals surface area contributed by atoms with Crippen molar-refractivity contribution in [2.24, 2.45) is 5.73 Å². The van der Waals surface area contributed by atoms with Crippen LogP contribution < -0.4 is 15.2 Å². The lowest BCUT2D eigenvalue weighted by Gasteiger charge is -2.17. The third-order valence-corrected chi connectivity index (χ3v) is 5.65. The number of hydrogen-bond acceptors (Lipinski definition) is 7. The lowest BCUT2D eigenvalue weighted by atomic mass is 10.2. The van der Waals surface area contributed by atoms with E-state index in [2.05, 4.69) is 4.72 Å². The van der Waals surface area contributed by atoms with Crippen LogP contribution in [0.3, 0.4) is 0 Å². The van der Waals surface area contributed by atoms with Gasteiger partial charge in [0, 0.05) is 6.54 Å². The summed E-state index contributed by atoms with van der Waals surface area (Å²) < 4.78 is 38.1. The molecule has 0 aliphatic rings. The number of aliphatic hydroxyl groups excluding tert-OH is 1. The summed E-state index contributed by atoms with van der Waals surface area (Å²) in [5, 5.41) is 12.6. The van der Waals surface area contributed by atoms with Crippen molar-refractivity contribution < 1.29 is 27.8 Å². The SMILES string of the molecule is COc1ccc(S(=O)(=O)NCC(OCCO)c2ccsc2)cc1C(N)=O. The first-order chi connectivity index (χ1) is 12.4. The summed E-state index contributed by atoms with van der Waals surface area (Å²) in [4.78, 5) is 11.4. The fraction of sp³-hybridized carbons (Fsp3) is 0.312. The average molecular weight is 400 g/mol. The quantitative estimate of drug-likeness (QED) is 0.543. The number of ether oxygens (including phenoxy) is 2. The van der Waals surface area contributed by atoms with E-state index < -0.39 is 22.0 Å². The molecule has 2 rings (SSSR count). The first kappa shape index (κ1) is 20.3. The second-order valence-electron chi connectivity index (χ2n) is 5.22. The van der Waals surface area contributed by atoms with Crippen molar-refractivity contribution in [3.05, 3.63) is 46.2 Å². The molecule has 0 spiro atoms. The van der Waals surface area contributed by atoms with Crippen LogP contribution in [0.25, 0.3) is 0 Å². The number of amides is 1. The number of primary amides is 1. The van der Waals surface area contributed by atoms with E-state index >= 15 is 0 Å². The Bertz CT molecular complexity index is 836. The Morgan fingerprint density at radius 3 is 2.73 bits per heavy atom. The molecule has 4 N–H and O–H groups in total. The van der Waals surface area contributed by atoms with Crippen molar-refractivity contribution in [2.45, 2.75) is 11.0 Å². The van der Waals surface area contributed by atoms with Gasteiger partial charge >= 0.3 is 0 Å². The number of carbonyl (C=O) groups is 1. The van der Waals surface area contributed by atoms with Crippen LogP contribution in [0, 0.1) is 0 Å². The summed E-state index contributed by atoms with van der Waals surface area (Å²) in [6.45, 7) is -0.124. The van der Waals surface area contributed by atoms with Gasteiger partial charge in [-0.3, -0.25) is 4.79 Å². The number of aliphatic hydroxyl groups is 1. The molecule has 1 heterocycles. The van der Waals surface area contributed by atoms with E-state index in [0.717, 1.165) is 11.6 Å². The number of hydrogen-bond donors (Lipinski definition) is 3. The number of thiophene rings is 1. The smallest absolute Gasteiger partial charge is 0.252 e. The van der Waals surface area contributed by atoms with Crippen molar-refractivity contribution >= 4 is 27.3 Å². The fourth-order valence-corrected chi connectivity index (χ4v) is 4.00. The van der Waals surface area contributed by atoms with Gasteiger partial charge in [0.25, 0.3) is 5.91 Å². The minimum atomic E-state index is -3.90. The normalized spacial score (nSPS) is 12.7. The van der Waals surface area contributed by atoms with Crippen LogP contribution in [-0.4, -0.2) is 46.3 Å². The van der Waals surface area contributed by atoms with E-state index in [0.29, 0.717) is 0 Å². The first-order valence-electron chi connectivity index (χ1n) is 7.61. The molecule has 0 saturated heterocycles. The summed E-state index contributed by atoms with van der Waals surface area (Å²) in [5.74, 6) is -0.597. The summed E-state index contributed by atoms with van der Waals surface area (Å²) in [6, 6.07) is 5.67. The molecule has 142 valence electrons. The van der Waals surface area contributed by atoms with Gasteiger partial charge in [-0.2, -0.15) is 11.3 Å². The van der Waals surface area contributed by atoms with Crippen molar-refractivity contribution in [1.29, 1.82) is 0 Å². The van der Waals surface area contributed by atoms with Gasteiger partial charge in [0.1, 0.15) is 5.75 Å². The third-order valence-electron chi connectivity index (χ3n) is 3.53. The maximum absolute atomic E-state index is 12.5. The highest BCUT2D eigenvalue weighted by Gasteiger charge is 2.21. The van der Waals surface area contributed by atoms with Gasteiger partial charge in [0.15, 0.2) is 0 Å². The molecular weight excluding hydrogens is 380 g/mol. The molecule has 8 nitrogen and oxygen atoms in total. The van der Waals surface area contributed by atoms with Crippen LogP contribution in [0.5, 0.6) is 5.75 Å². The maximum Gasteiger partial charge on any atom is 0.252 e. The summed E-state index contributed by atoms with van der Waals surface area (Å²) in [7, 11) is -2.55. The minimum absolute atomic E-state index is 0.0266. The fourth-order valence-electron chi connectivity index (χ4n) is 2.24. The molecule has 1 atom stereocenters. The van der Waals surface area contributed by atoms with Crippen molar-refractivity contribution in [2.75, 3.05) is 26.9 Å². The number of nitrogens with two attached hydrogens (primary N) is 1.